The Labute approximate surface area is 105 Å². The highest BCUT2D eigenvalue weighted by Crippen LogP contribution is 2.02. The summed E-state index contributed by atoms with van der Waals surface area (Å²) in [6, 6.07) is -0.00573. The van der Waals surface area contributed by atoms with Crippen molar-refractivity contribution in [3.63, 3.8) is 0 Å². The molecule has 0 saturated carbocycles. The molecule has 0 amide bonds. The quantitative estimate of drug-likeness (QED) is 0.498. The highest BCUT2D eigenvalue weighted by atomic mass is 16.5. The van der Waals surface area contributed by atoms with E-state index >= 15 is 0 Å². The summed E-state index contributed by atoms with van der Waals surface area (Å²) in [6.45, 7) is 9.70. The van der Waals surface area contributed by atoms with E-state index in [9.17, 15) is 4.79 Å². The van der Waals surface area contributed by atoms with Crippen molar-refractivity contribution in [1.82, 2.24) is 5.32 Å². The summed E-state index contributed by atoms with van der Waals surface area (Å²) in [6.07, 6.45) is 1.71. The van der Waals surface area contributed by atoms with Crippen LogP contribution in [0.15, 0.2) is 0 Å². The number of carbonyl (C=O) groups is 1. The lowest BCUT2D eigenvalue weighted by Crippen LogP contribution is -2.42. The Morgan fingerprint density at radius 3 is 2.18 bits per heavy atom. The number of nitrogens with one attached hydrogen (secondary N) is 1. The molecule has 0 aliphatic rings. The number of hydrogen-bond donors (Lipinski definition) is 1. The molecule has 0 spiro atoms. The summed E-state index contributed by atoms with van der Waals surface area (Å²) in [5.41, 5.74) is 0. The van der Waals surface area contributed by atoms with Crippen LogP contribution in [0.5, 0.6) is 0 Å². The van der Waals surface area contributed by atoms with Crippen LogP contribution in [-0.2, 0) is 14.3 Å². The Morgan fingerprint density at radius 2 is 1.71 bits per heavy atom. The minimum Gasteiger partial charge on any atom is -0.468 e. The van der Waals surface area contributed by atoms with Gasteiger partial charge in [-0.25, -0.2) is 0 Å². The summed E-state index contributed by atoms with van der Waals surface area (Å²) in [4.78, 5) is 11.5. The highest BCUT2D eigenvalue weighted by Gasteiger charge is 2.19. The van der Waals surface area contributed by atoms with E-state index < -0.39 is 0 Å². The van der Waals surface area contributed by atoms with E-state index in [4.69, 9.17) is 9.47 Å². The van der Waals surface area contributed by atoms with Gasteiger partial charge in [-0.1, -0.05) is 27.7 Å². The summed E-state index contributed by atoms with van der Waals surface area (Å²) in [5.74, 6) is 0.436. The first-order chi connectivity index (χ1) is 7.97. The second-order valence-corrected chi connectivity index (χ2v) is 4.98. The zero-order chi connectivity index (χ0) is 13.3. The molecule has 1 unspecified atom stereocenters. The molecule has 0 rings (SSSR count). The van der Waals surface area contributed by atoms with Gasteiger partial charge >= 0.3 is 5.97 Å². The van der Waals surface area contributed by atoms with Crippen LogP contribution in [0.25, 0.3) is 0 Å². The molecule has 0 saturated heterocycles. The Bertz CT molecular complexity index is 205. The molecule has 0 aliphatic carbocycles. The van der Waals surface area contributed by atoms with Crippen LogP contribution in [0.2, 0.25) is 0 Å². The first-order valence-electron chi connectivity index (χ1n) is 6.39. The lowest BCUT2D eigenvalue weighted by Gasteiger charge is -2.19. The minimum atomic E-state index is -0.265. The van der Waals surface area contributed by atoms with E-state index in [0.717, 1.165) is 13.0 Å². The van der Waals surface area contributed by atoms with Gasteiger partial charge in [0.1, 0.15) is 6.04 Å². The lowest BCUT2D eigenvalue weighted by molar-refractivity contribution is -0.143. The summed E-state index contributed by atoms with van der Waals surface area (Å²) in [7, 11) is 1.41. The van der Waals surface area contributed by atoms with Gasteiger partial charge in [0.25, 0.3) is 0 Å². The van der Waals surface area contributed by atoms with Gasteiger partial charge in [-0.05, 0) is 18.8 Å². The third kappa shape index (κ3) is 9.12. The SMILES string of the molecule is COC(=O)C(CCOCCC(C)C)NC(C)C. The van der Waals surface area contributed by atoms with Crippen molar-refractivity contribution in [3.05, 3.63) is 0 Å². The molecule has 4 heteroatoms. The average Bonchev–Trinajstić information content (AvgIpc) is 2.25. The zero-order valence-electron chi connectivity index (χ0n) is 11.8. The number of rotatable bonds is 9. The number of ether oxygens (including phenoxy) is 2. The molecule has 0 aromatic heterocycles. The summed E-state index contributed by atoms with van der Waals surface area (Å²) < 4.78 is 10.3. The van der Waals surface area contributed by atoms with Gasteiger partial charge in [-0.15, -0.1) is 0 Å². The average molecular weight is 245 g/mol. The standard InChI is InChI=1S/C13H27NO3/c1-10(2)6-8-17-9-7-12(13(15)16-5)14-11(3)4/h10-12,14H,6-9H2,1-5H3. The Morgan fingerprint density at radius 1 is 1.12 bits per heavy atom. The molecular formula is C13H27NO3. The fourth-order valence-electron chi connectivity index (χ4n) is 1.44. The van der Waals surface area contributed by atoms with Crippen LogP contribution in [0, 0.1) is 5.92 Å². The molecular weight excluding hydrogens is 218 g/mol. The van der Waals surface area contributed by atoms with Crippen molar-refractivity contribution in [1.29, 1.82) is 0 Å². The molecule has 0 aromatic rings. The van der Waals surface area contributed by atoms with Crippen molar-refractivity contribution >= 4 is 5.97 Å². The van der Waals surface area contributed by atoms with Gasteiger partial charge in [-0.2, -0.15) is 0 Å². The number of hydrogen-bond acceptors (Lipinski definition) is 4. The predicted molar refractivity (Wildman–Crippen MR) is 69.0 cm³/mol. The van der Waals surface area contributed by atoms with Crippen LogP contribution in [0.3, 0.4) is 0 Å². The fourth-order valence-corrected chi connectivity index (χ4v) is 1.44. The highest BCUT2D eigenvalue weighted by molar-refractivity contribution is 5.75. The van der Waals surface area contributed by atoms with Crippen molar-refractivity contribution in [2.45, 2.75) is 52.6 Å². The molecule has 17 heavy (non-hydrogen) atoms. The molecule has 1 atom stereocenters. The van der Waals surface area contributed by atoms with Crippen LogP contribution >= 0.6 is 0 Å². The Hall–Kier alpha value is -0.610. The maximum Gasteiger partial charge on any atom is 0.322 e. The number of methoxy groups -OCH3 is 1. The third-order valence-electron chi connectivity index (χ3n) is 2.41. The topological polar surface area (TPSA) is 47.6 Å². The summed E-state index contributed by atoms with van der Waals surface area (Å²) >= 11 is 0. The van der Waals surface area contributed by atoms with Gasteiger partial charge in [-0.3, -0.25) is 4.79 Å². The smallest absolute Gasteiger partial charge is 0.322 e. The third-order valence-corrected chi connectivity index (χ3v) is 2.41. The van der Waals surface area contributed by atoms with Gasteiger partial charge in [0, 0.05) is 19.3 Å². The molecule has 0 aromatic carbocycles. The molecule has 0 radical (unpaired) electrons. The second kappa shape index (κ2) is 9.42. The van der Waals surface area contributed by atoms with Gasteiger partial charge in [0.15, 0.2) is 0 Å². The van der Waals surface area contributed by atoms with E-state index in [1.807, 2.05) is 13.8 Å². The van der Waals surface area contributed by atoms with E-state index in [2.05, 4.69) is 19.2 Å². The largest absolute Gasteiger partial charge is 0.468 e. The van der Waals surface area contributed by atoms with Gasteiger partial charge in [0.2, 0.25) is 0 Å². The molecule has 0 fully saturated rings. The first-order valence-corrected chi connectivity index (χ1v) is 6.39. The van der Waals surface area contributed by atoms with Gasteiger partial charge in [0.05, 0.1) is 7.11 Å². The lowest BCUT2D eigenvalue weighted by atomic mass is 10.1. The van der Waals surface area contributed by atoms with Crippen molar-refractivity contribution in [2.75, 3.05) is 20.3 Å². The van der Waals surface area contributed by atoms with E-state index in [-0.39, 0.29) is 18.1 Å². The van der Waals surface area contributed by atoms with Crippen molar-refractivity contribution < 1.29 is 14.3 Å². The monoisotopic (exact) mass is 245 g/mol. The van der Waals surface area contributed by atoms with E-state index in [0.29, 0.717) is 18.9 Å². The summed E-state index contributed by atoms with van der Waals surface area (Å²) in [5, 5.41) is 3.18. The van der Waals surface area contributed by atoms with Crippen LogP contribution in [0.1, 0.15) is 40.5 Å². The fraction of sp³-hybridized carbons (Fsp3) is 0.923. The first kappa shape index (κ1) is 16.4. The molecule has 102 valence electrons. The van der Waals surface area contributed by atoms with Crippen molar-refractivity contribution in [3.8, 4) is 0 Å². The maximum atomic E-state index is 11.5. The maximum absolute atomic E-state index is 11.5. The van der Waals surface area contributed by atoms with Crippen LogP contribution in [0.4, 0.5) is 0 Å². The van der Waals surface area contributed by atoms with Crippen LogP contribution < -0.4 is 5.32 Å². The normalized spacial score (nSPS) is 13.1. The van der Waals surface area contributed by atoms with E-state index in [1.54, 1.807) is 0 Å². The number of esters is 1. The molecule has 0 bridgehead atoms. The van der Waals surface area contributed by atoms with Crippen molar-refractivity contribution in [2.24, 2.45) is 5.92 Å². The minimum absolute atomic E-state index is 0.217. The van der Waals surface area contributed by atoms with E-state index in [1.165, 1.54) is 7.11 Å². The second-order valence-electron chi connectivity index (χ2n) is 4.98. The molecule has 1 N–H and O–H groups in total. The Balaban J connectivity index is 3.80. The molecule has 4 nitrogen and oxygen atoms in total. The Kier molecular flexibility index (Phi) is 9.09. The molecule has 0 aliphatic heterocycles. The predicted octanol–water partition coefficient (Wildman–Crippen LogP) is 1.98. The van der Waals surface area contributed by atoms with Crippen LogP contribution in [-0.4, -0.2) is 38.4 Å². The molecule has 0 heterocycles. The van der Waals surface area contributed by atoms with Gasteiger partial charge < -0.3 is 14.8 Å². The zero-order valence-corrected chi connectivity index (χ0v) is 11.8. The number of carbonyl (C=O) groups excluding carboxylic acids is 1.